The van der Waals surface area contributed by atoms with Crippen LogP contribution >= 0.6 is 0 Å². The summed E-state index contributed by atoms with van der Waals surface area (Å²) in [5.41, 5.74) is 1.23. The maximum absolute atomic E-state index is 15.5. The number of ether oxygens (including phenoxy) is 1. The summed E-state index contributed by atoms with van der Waals surface area (Å²) in [4.78, 5) is 13.3. The lowest BCUT2D eigenvalue weighted by Gasteiger charge is -2.24. The zero-order valence-electron chi connectivity index (χ0n) is 20.5. The molecule has 2 aromatic heterocycles. The van der Waals surface area contributed by atoms with E-state index in [2.05, 4.69) is 30.3 Å². The van der Waals surface area contributed by atoms with Crippen molar-refractivity contribution in [2.75, 3.05) is 29.4 Å². The van der Waals surface area contributed by atoms with E-state index in [0.717, 1.165) is 37.8 Å². The Labute approximate surface area is 214 Å². The fourth-order valence-electron chi connectivity index (χ4n) is 4.46. The Kier molecular flexibility index (Phi) is 6.90. The first-order chi connectivity index (χ1) is 17.8. The second-order valence-electron chi connectivity index (χ2n) is 8.99. The highest BCUT2D eigenvalue weighted by Gasteiger charge is 2.22. The molecular weight excluding hydrogens is 495 g/mol. The smallest absolute Gasteiger partial charge is 0.246 e. The van der Waals surface area contributed by atoms with Gasteiger partial charge in [0, 0.05) is 53.1 Å². The van der Waals surface area contributed by atoms with Crippen LogP contribution in [0.3, 0.4) is 0 Å². The van der Waals surface area contributed by atoms with Crippen molar-refractivity contribution >= 4 is 32.3 Å². The fourth-order valence-corrected chi connectivity index (χ4v) is 5.03. The highest BCUT2D eigenvalue weighted by molar-refractivity contribution is 7.92. The molecule has 37 heavy (non-hydrogen) atoms. The predicted molar refractivity (Wildman–Crippen MR) is 142 cm³/mol. The molecule has 0 spiro atoms. The van der Waals surface area contributed by atoms with Gasteiger partial charge >= 0.3 is 0 Å². The van der Waals surface area contributed by atoms with Gasteiger partial charge in [0.2, 0.25) is 15.9 Å². The third-order valence-electron chi connectivity index (χ3n) is 6.16. The van der Waals surface area contributed by atoms with Gasteiger partial charge in [0.05, 0.1) is 11.9 Å². The van der Waals surface area contributed by atoms with Crippen molar-refractivity contribution in [3.8, 4) is 22.9 Å². The van der Waals surface area contributed by atoms with E-state index in [0.29, 0.717) is 22.3 Å². The number of piperidine rings is 1. The Morgan fingerprint density at radius 1 is 1.08 bits per heavy atom. The number of benzene rings is 2. The minimum Gasteiger partial charge on any atom is -0.436 e. The largest absolute Gasteiger partial charge is 0.436 e. The van der Waals surface area contributed by atoms with Crippen LogP contribution in [0.4, 0.5) is 15.9 Å². The maximum Gasteiger partial charge on any atom is 0.246 e. The van der Waals surface area contributed by atoms with Gasteiger partial charge in [-0.15, -0.1) is 0 Å². The molecule has 0 saturated carbocycles. The molecule has 4 aromatic rings. The Balaban J connectivity index is 1.54. The van der Waals surface area contributed by atoms with Gasteiger partial charge in [-0.2, -0.15) is 0 Å². The molecule has 1 aliphatic rings. The maximum atomic E-state index is 15.5. The zero-order chi connectivity index (χ0) is 26.0. The first-order valence-electron chi connectivity index (χ1n) is 11.9. The Morgan fingerprint density at radius 3 is 2.62 bits per heavy atom. The summed E-state index contributed by atoms with van der Waals surface area (Å²) in [6, 6.07) is 10.8. The molecule has 0 bridgehead atoms. The van der Waals surface area contributed by atoms with Crippen LogP contribution in [0.25, 0.3) is 22.0 Å². The number of halogens is 1. The molecule has 3 N–H and O–H groups in total. The van der Waals surface area contributed by atoms with Crippen molar-refractivity contribution in [1.82, 2.24) is 20.3 Å². The summed E-state index contributed by atoms with van der Waals surface area (Å²) in [6.45, 7) is 3.42. The topological polar surface area (TPSA) is 118 Å². The molecule has 9 nitrogen and oxygen atoms in total. The molecule has 2 aromatic carbocycles. The lowest BCUT2D eigenvalue weighted by atomic mass is 10.0. The van der Waals surface area contributed by atoms with Crippen LogP contribution in [0.1, 0.15) is 18.4 Å². The molecular formula is C26H27FN6O3S. The first-order valence-corrected chi connectivity index (χ1v) is 13.8. The third-order valence-corrected chi connectivity index (χ3v) is 6.74. The summed E-state index contributed by atoms with van der Waals surface area (Å²) >= 11 is 0. The van der Waals surface area contributed by atoms with Crippen LogP contribution in [0.2, 0.25) is 0 Å². The van der Waals surface area contributed by atoms with Crippen LogP contribution in [0.5, 0.6) is 11.6 Å². The van der Waals surface area contributed by atoms with Crippen molar-refractivity contribution in [3.63, 3.8) is 0 Å². The lowest BCUT2D eigenvalue weighted by Crippen LogP contribution is -2.38. The van der Waals surface area contributed by atoms with Gasteiger partial charge in [0.25, 0.3) is 0 Å². The third kappa shape index (κ3) is 5.47. The molecule has 11 heteroatoms. The van der Waals surface area contributed by atoms with Gasteiger partial charge in [0.1, 0.15) is 17.3 Å². The van der Waals surface area contributed by atoms with Crippen molar-refractivity contribution in [2.24, 2.45) is 0 Å². The SMILES string of the molecule is Cc1c(F)c(NS(C)(=O)=O)c2ccccc2c1Oc1nccnc1-c1ccnc(N[C@H]2CCCNC2)c1. The van der Waals surface area contributed by atoms with Gasteiger partial charge in [-0.3, -0.25) is 4.72 Å². The molecule has 0 unspecified atom stereocenters. The number of anilines is 2. The fraction of sp³-hybridized carbons (Fsp3) is 0.269. The van der Waals surface area contributed by atoms with E-state index in [9.17, 15) is 8.42 Å². The van der Waals surface area contributed by atoms with Crippen molar-refractivity contribution in [3.05, 3.63) is 66.4 Å². The van der Waals surface area contributed by atoms with Crippen LogP contribution in [-0.4, -0.2) is 48.8 Å². The molecule has 1 fully saturated rings. The summed E-state index contributed by atoms with van der Waals surface area (Å²) in [5, 5.41) is 7.74. The number of nitrogens with one attached hydrogen (secondary N) is 3. The van der Waals surface area contributed by atoms with Crippen LogP contribution in [0, 0.1) is 12.7 Å². The monoisotopic (exact) mass is 522 g/mol. The first kappa shape index (κ1) is 24.8. The summed E-state index contributed by atoms with van der Waals surface area (Å²) in [6.07, 6.45) is 7.89. The molecule has 0 amide bonds. The zero-order valence-corrected chi connectivity index (χ0v) is 21.3. The van der Waals surface area contributed by atoms with Crippen molar-refractivity contribution in [2.45, 2.75) is 25.8 Å². The van der Waals surface area contributed by atoms with E-state index in [1.54, 1.807) is 36.7 Å². The number of aromatic nitrogens is 3. The number of hydrogen-bond donors (Lipinski definition) is 3. The normalized spacial score (nSPS) is 15.9. The van der Waals surface area contributed by atoms with Gasteiger partial charge in [-0.1, -0.05) is 24.3 Å². The van der Waals surface area contributed by atoms with E-state index in [-0.39, 0.29) is 28.9 Å². The van der Waals surface area contributed by atoms with Crippen LogP contribution in [-0.2, 0) is 10.0 Å². The minimum absolute atomic E-state index is 0.121. The van der Waals surface area contributed by atoms with E-state index in [1.165, 1.54) is 13.1 Å². The number of sulfonamides is 1. The molecule has 0 aliphatic carbocycles. The van der Waals surface area contributed by atoms with Gasteiger partial charge in [-0.25, -0.2) is 27.8 Å². The average Bonchev–Trinajstić information content (AvgIpc) is 2.89. The predicted octanol–water partition coefficient (Wildman–Crippen LogP) is 4.47. The highest BCUT2D eigenvalue weighted by atomic mass is 32.2. The summed E-state index contributed by atoms with van der Waals surface area (Å²) in [7, 11) is -3.71. The second-order valence-corrected chi connectivity index (χ2v) is 10.7. The number of fused-ring (bicyclic) bond motifs is 1. The number of hydrogen-bond acceptors (Lipinski definition) is 8. The van der Waals surface area contributed by atoms with Gasteiger partial charge in [-0.05, 0) is 38.4 Å². The van der Waals surface area contributed by atoms with Gasteiger partial charge in [0.15, 0.2) is 5.82 Å². The molecule has 1 aliphatic heterocycles. The lowest BCUT2D eigenvalue weighted by molar-refractivity contribution is 0.459. The quantitative estimate of drug-likeness (QED) is 0.326. The molecule has 5 rings (SSSR count). The van der Waals surface area contributed by atoms with Gasteiger partial charge < -0.3 is 15.4 Å². The van der Waals surface area contributed by atoms with Crippen LogP contribution in [0.15, 0.2) is 55.0 Å². The molecule has 1 atom stereocenters. The minimum atomic E-state index is -3.71. The second kappa shape index (κ2) is 10.3. The Morgan fingerprint density at radius 2 is 1.86 bits per heavy atom. The average molecular weight is 523 g/mol. The summed E-state index contributed by atoms with van der Waals surface area (Å²) in [5.74, 6) is 0.415. The molecule has 1 saturated heterocycles. The van der Waals surface area contributed by atoms with E-state index in [1.807, 2.05) is 12.1 Å². The standard InChI is InChI=1S/C26H27FN6O3S/c1-16-22(27)24(33-37(2,34)35)19-7-3-4-8-20(19)25(16)36-26-23(30-12-13-31-26)17-9-11-29-21(14-17)32-18-6-5-10-28-15-18/h3-4,7-9,11-14,18,28,33H,5-6,10,15H2,1-2H3,(H,29,32)/t18-/m0/s1. The van der Waals surface area contributed by atoms with E-state index in [4.69, 9.17) is 4.74 Å². The molecule has 3 heterocycles. The Bertz CT molecular complexity index is 1560. The number of pyridine rings is 1. The van der Waals surface area contributed by atoms with E-state index >= 15 is 4.39 Å². The van der Waals surface area contributed by atoms with Crippen molar-refractivity contribution in [1.29, 1.82) is 0 Å². The van der Waals surface area contributed by atoms with Crippen molar-refractivity contribution < 1.29 is 17.5 Å². The summed E-state index contributed by atoms with van der Waals surface area (Å²) < 4.78 is 47.8. The number of nitrogens with zero attached hydrogens (tertiary/aromatic N) is 3. The Hall–Kier alpha value is -3.83. The molecule has 0 radical (unpaired) electrons. The molecule has 192 valence electrons. The van der Waals surface area contributed by atoms with Crippen LogP contribution < -0.4 is 20.1 Å². The van der Waals surface area contributed by atoms with E-state index < -0.39 is 15.8 Å². The number of rotatable bonds is 7. The highest BCUT2D eigenvalue weighted by Crippen LogP contribution is 2.41.